The number of imidazole rings is 1. The average Bonchev–Trinajstić information content (AvgIpc) is 3.63. The molecule has 2 amide bonds. The highest BCUT2D eigenvalue weighted by Crippen LogP contribution is 2.24. The molecule has 0 fully saturated rings. The van der Waals surface area contributed by atoms with Gasteiger partial charge in [0.15, 0.2) is 5.82 Å². The van der Waals surface area contributed by atoms with E-state index in [4.69, 9.17) is 0 Å². The van der Waals surface area contributed by atoms with Gasteiger partial charge in [-0.1, -0.05) is 48.5 Å². The lowest BCUT2D eigenvalue weighted by atomic mass is 10.1. The maximum Gasteiger partial charge on any atom is 0.309 e. The van der Waals surface area contributed by atoms with E-state index in [0.29, 0.717) is 11.5 Å². The molecule has 5 aromatic rings. The van der Waals surface area contributed by atoms with Gasteiger partial charge >= 0.3 is 5.91 Å². The Labute approximate surface area is 209 Å². The molecule has 0 saturated heterocycles. The largest absolute Gasteiger partial charge is 0.309 e. The molecule has 2 aromatic heterocycles. The Morgan fingerprint density at radius 3 is 2.27 bits per heavy atom. The highest BCUT2D eigenvalue weighted by molar-refractivity contribution is 5.98. The minimum atomic E-state index is -0.759. The Morgan fingerprint density at radius 1 is 0.892 bits per heavy atom. The van der Waals surface area contributed by atoms with Crippen molar-refractivity contribution in [1.29, 1.82) is 0 Å². The van der Waals surface area contributed by atoms with Gasteiger partial charge in [-0.2, -0.15) is 0 Å². The molecule has 0 aliphatic rings. The van der Waals surface area contributed by atoms with E-state index in [1.807, 2.05) is 60.7 Å². The first kappa shape index (κ1) is 23.1. The summed E-state index contributed by atoms with van der Waals surface area (Å²) in [6, 6.07) is 22.4. The van der Waals surface area contributed by atoms with Gasteiger partial charge in [0, 0.05) is 29.6 Å². The predicted molar refractivity (Wildman–Crippen MR) is 132 cm³/mol. The minimum Gasteiger partial charge on any atom is -0.300 e. The first-order valence-corrected chi connectivity index (χ1v) is 11.0. The van der Waals surface area contributed by atoms with Gasteiger partial charge in [0.1, 0.15) is 5.69 Å². The van der Waals surface area contributed by atoms with Crippen molar-refractivity contribution in [1.82, 2.24) is 35.2 Å². The Morgan fingerprint density at radius 2 is 1.59 bits per heavy atom. The SMILES string of the molecule is O=C(NNC(=O)c1nc(-c2ccccc2)n(-c2ccccc2)n1)c1ccc(-n2ccnc2)c([N+](=O)[O-])c1. The van der Waals surface area contributed by atoms with Crippen LogP contribution in [0.2, 0.25) is 0 Å². The zero-order chi connectivity index (χ0) is 25.8. The highest BCUT2D eigenvalue weighted by Gasteiger charge is 2.21. The average molecular weight is 494 g/mol. The topological polar surface area (TPSA) is 150 Å². The quantitative estimate of drug-likeness (QED) is 0.272. The van der Waals surface area contributed by atoms with Gasteiger partial charge in [-0.3, -0.25) is 30.6 Å². The van der Waals surface area contributed by atoms with Crippen molar-refractivity contribution in [3.05, 3.63) is 119 Å². The molecular weight excluding hydrogens is 476 g/mol. The molecule has 12 nitrogen and oxygen atoms in total. The summed E-state index contributed by atoms with van der Waals surface area (Å²) < 4.78 is 2.99. The van der Waals surface area contributed by atoms with Gasteiger partial charge in [0.2, 0.25) is 5.82 Å². The van der Waals surface area contributed by atoms with E-state index in [1.54, 1.807) is 6.20 Å². The predicted octanol–water partition coefficient (Wildman–Crippen LogP) is 3.10. The molecule has 12 heteroatoms. The third-order valence-corrected chi connectivity index (χ3v) is 5.35. The third-order valence-electron chi connectivity index (χ3n) is 5.35. The Kier molecular flexibility index (Phi) is 6.19. The Balaban J connectivity index is 1.37. The van der Waals surface area contributed by atoms with Gasteiger partial charge in [-0.15, -0.1) is 5.10 Å². The van der Waals surface area contributed by atoms with Crippen LogP contribution in [0.15, 0.2) is 97.6 Å². The lowest BCUT2D eigenvalue weighted by molar-refractivity contribution is -0.384. The number of nitrogens with zero attached hydrogens (tertiary/aromatic N) is 6. The van der Waals surface area contributed by atoms with E-state index in [0.717, 1.165) is 11.6 Å². The molecule has 0 radical (unpaired) electrons. The Bertz CT molecular complexity index is 1530. The molecule has 0 aliphatic heterocycles. The van der Waals surface area contributed by atoms with Crippen molar-refractivity contribution in [2.24, 2.45) is 0 Å². The number of hydrazine groups is 1. The first-order chi connectivity index (χ1) is 18.0. The summed E-state index contributed by atoms with van der Waals surface area (Å²) in [4.78, 5) is 44.7. The van der Waals surface area contributed by atoms with E-state index in [9.17, 15) is 19.7 Å². The van der Waals surface area contributed by atoms with Crippen LogP contribution in [0.1, 0.15) is 21.0 Å². The van der Waals surface area contributed by atoms with Crippen LogP contribution in [0.3, 0.4) is 0 Å². The van der Waals surface area contributed by atoms with E-state index < -0.39 is 16.7 Å². The van der Waals surface area contributed by atoms with Gasteiger partial charge in [-0.05, 0) is 24.3 Å². The van der Waals surface area contributed by atoms with Crippen LogP contribution in [0.25, 0.3) is 22.8 Å². The summed E-state index contributed by atoms with van der Waals surface area (Å²) in [5.41, 5.74) is 5.89. The molecule has 0 saturated carbocycles. The number of benzene rings is 3. The van der Waals surface area contributed by atoms with E-state index in [2.05, 4.69) is 25.9 Å². The zero-order valence-corrected chi connectivity index (χ0v) is 19.1. The molecule has 0 aliphatic carbocycles. The molecule has 0 atom stereocenters. The van der Waals surface area contributed by atoms with Crippen molar-refractivity contribution < 1.29 is 14.5 Å². The molecule has 5 rings (SSSR count). The molecule has 0 unspecified atom stereocenters. The van der Waals surface area contributed by atoms with Crippen LogP contribution in [-0.2, 0) is 0 Å². The Hall–Kier alpha value is -5.65. The van der Waals surface area contributed by atoms with Crippen molar-refractivity contribution in [3.8, 4) is 22.8 Å². The maximum absolute atomic E-state index is 12.8. The summed E-state index contributed by atoms with van der Waals surface area (Å²) in [6.45, 7) is 0. The van der Waals surface area contributed by atoms with Crippen LogP contribution in [-0.4, -0.2) is 41.1 Å². The van der Waals surface area contributed by atoms with Crippen LogP contribution in [0.4, 0.5) is 5.69 Å². The lowest BCUT2D eigenvalue weighted by Crippen LogP contribution is -2.42. The van der Waals surface area contributed by atoms with Crippen LogP contribution in [0, 0.1) is 10.1 Å². The first-order valence-electron chi connectivity index (χ1n) is 11.0. The lowest BCUT2D eigenvalue weighted by Gasteiger charge is -2.08. The van der Waals surface area contributed by atoms with Crippen molar-refractivity contribution >= 4 is 17.5 Å². The zero-order valence-electron chi connectivity index (χ0n) is 19.1. The maximum atomic E-state index is 12.8. The third kappa shape index (κ3) is 4.79. The minimum absolute atomic E-state index is 0.0244. The van der Waals surface area contributed by atoms with E-state index in [1.165, 1.54) is 33.9 Å². The van der Waals surface area contributed by atoms with E-state index in [-0.39, 0.29) is 22.8 Å². The number of nitro benzene ring substituents is 1. The fraction of sp³-hybridized carbons (Fsp3) is 0. The van der Waals surface area contributed by atoms with Crippen LogP contribution >= 0.6 is 0 Å². The van der Waals surface area contributed by atoms with Crippen LogP contribution in [0.5, 0.6) is 0 Å². The highest BCUT2D eigenvalue weighted by atomic mass is 16.6. The number of nitrogens with one attached hydrogen (secondary N) is 2. The number of amides is 2. The molecule has 182 valence electrons. The summed E-state index contributed by atoms with van der Waals surface area (Å²) >= 11 is 0. The second-order valence-corrected chi connectivity index (χ2v) is 7.71. The normalized spacial score (nSPS) is 10.6. The van der Waals surface area contributed by atoms with Crippen molar-refractivity contribution in [2.75, 3.05) is 0 Å². The molecule has 0 spiro atoms. The van der Waals surface area contributed by atoms with Crippen LogP contribution < -0.4 is 10.9 Å². The number of para-hydroxylation sites is 1. The van der Waals surface area contributed by atoms with Crippen molar-refractivity contribution in [2.45, 2.75) is 0 Å². The number of nitro groups is 1. The number of carbonyl (C=O) groups excluding carboxylic acids is 2. The number of aromatic nitrogens is 5. The van der Waals surface area contributed by atoms with Crippen molar-refractivity contribution in [3.63, 3.8) is 0 Å². The second-order valence-electron chi connectivity index (χ2n) is 7.71. The molecule has 2 N–H and O–H groups in total. The summed E-state index contributed by atoms with van der Waals surface area (Å²) in [6.07, 6.45) is 4.44. The monoisotopic (exact) mass is 494 g/mol. The van der Waals surface area contributed by atoms with Gasteiger partial charge < -0.3 is 4.57 Å². The standard InChI is InChI=1S/C25H18N8O4/c34-24(18-11-12-20(21(15-18)33(36)37)31-14-13-26-16-31)28-29-25(35)22-27-23(17-7-3-1-4-8-17)32(30-22)19-9-5-2-6-10-19/h1-16H,(H,28,34)(H,29,35). The number of hydrogen-bond acceptors (Lipinski definition) is 7. The number of hydrogen-bond donors (Lipinski definition) is 2. The number of carbonyl (C=O) groups is 2. The molecule has 2 heterocycles. The molecule has 3 aromatic carbocycles. The molecule has 37 heavy (non-hydrogen) atoms. The van der Waals surface area contributed by atoms with Gasteiger partial charge in [-0.25, -0.2) is 14.6 Å². The smallest absolute Gasteiger partial charge is 0.300 e. The van der Waals surface area contributed by atoms with E-state index >= 15 is 0 Å². The summed E-state index contributed by atoms with van der Waals surface area (Å²) in [5, 5.41) is 15.9. The molecular formula is C25H18N8O4. The summed E-state index contributed by atoms with van der Waals surface area (Å²) in [5.74, 6) is -1.25. The fourth-order valence-electron chi connectivity index (χ4n) is 3.60. The van der Waals surface area contributed by atoms with Gasteiger partial charge in [0.05, 0.1) is 16.9 Å². The molecule has 0 bridgehead atoms. The summed E-state index contributed by atoms with van der Waals surface area (Å²) in [7, 11) is 0. The second kappa shape index (κ2) is 9.92. The number of rotatable bonds is 6. The van der Waals surface area contributed by atoms with Gasteiger partial charge in [0.25, 0.3) is 11.6 Å². The fourth-order valence-corrected chi connectivity index (χ4v) is 3.60.